The third-order valence-corrected chi connectivity index (χ3v) is 4.60. The zero-order valence-corrected chi connectivity index (χ0v) is 14.4. The van der Waals surface area contributed by atoms with Crippen LogP contribution in [0.2, 0.25) is 0 Å². The highest BCUT2D eigenvalue weighted by atomic mass is 16.2. The van der Waals surface area contributed by atoms with Gasteiger partial charge in [0.1, 0.15) is 6.54 Å². The van der Waals surface area contributed by atoms with Crippen LogP contribution in [0.3, 0.4) is 0 Å². The van der Waals surface area contributed by atoms with Crippen molar-refractivity contribution < 1.29 is 4.79 Å². The van der Waals surface area contributed by atoms with Gasteiger partial charge in [0.2, 0.25) is 5.91 Å². The molecule has 7 heteroatoms. The van der Waals surface area contributed by atoms with E-state index in [0.29, 0.717) is 24.1 Å². The summed E-state index contributed by atoms with van der Waals surface area (Å²) in [6.07, 6.45) is 1.58. The maximum Gasteiger partial charge on any atom is 0.317 e. The number of fused-ring (bicyclic) bond motifs is 1. The van der Waals surface area contributed by atoms with Gasteiger partial charge in [-0.2, -0.15) is 0 Å². The number of carbonyl (C=O) groups excluding carboxylic acids is 1. The van der Waals surface area contributed by atoms with Crippen molar-refractivity contribution >= 4 is 16.9 Å². The molecule has 1 amide bonds. The molecule has 0 spiro atoms. The Labute approximate surface area is 145 Å². The van der Waals surface area contributed by atoms with E-state index in [9.17, 15) is 14.4 Å². The zero-order valence-electron chi connectivity index (χ0n) is 14.4. The quantitative estimate of drug-likeness (QED) is 0.585. The van der Waals surface area contributed by atoms with E-state index in [1.807, 2.05) is 7.05 Å². The third kappa shape index (κ3) is 3.28. The van der Waals surface area contributed by atoms with Crippen LogP contribution in [-0.2, 0) is 17.9 Å². The summed E-state index contributed by atoms with van der Waals surface area (Å²) in [5.41, 5.74) is -0.109. The summed E-state index contributed by atoms with van der Waals surface area (Å²) in [6.45, 7) is 6.66. The number of benzene rings is 1. The fourth-order valence-electron chi connectivity index (χ4n) is 3.13. The predicted octanol–water partition coefficient (Wildman–Crippen LogP) is 0.123. The van der Waals surface area contributed by atoms with Crippen LogP contribution in [0, 0.1) is 0 Å². The Hall–Kier alpha value is -2.67. The molecule has 1 saturated heterocycles. The number of likely N-dealkylation sites (N-methyl/N-ethyl adjacent to an activating group) is 1. The minimum atomic E-state index is -0.678. The lowest BCUT2D eigenvalue weighted by molar-refractivity contribution is -0.133. The molecule has 0 unspecified atom stereocenters. The highest BCUT2D eigenvalue weighted by Crippen LogP contribution is 2.11. The summed E-state index contributed by atoms with van der Waals surface area (Å²) in [5, 5.41) is 0. The largest absolute Gasteiger partial charge is 0.339 e. The summed E-state index contributed by atoms with van der Waals surface area (Å²) in [4.78, 5) is 41.5. The number of hydrogen-bond donors (Lipinski definition) is 0. The fraction of sp³-hybridized carbons (Fsp3) is 0.389. The van der Waals surface area contributed by atoms with Crippen molar-refractivity contribution in [3.05, 3.63) is 57.6 Å². The second-order valence-corrected chi connectivity index (χ2v) is 6.27. The van der Waals surface area contributed by atoms with Gasteiger partial charge in [-0.1, -0.05) is 18.2 Å². The van der Waals surface area contributed by atoms with E-state index >= 15 is 0 Å². The van der Waals surface area contributed by atoms with E-state index in [1.165, 1.54) is 9.13 Å². The molecule has 2 aromatic rings. The molecule has 1 aliphatic heterocycles. The van der Waals surface area contributed by atoms with Gasteiger partial charge in [0.05, 0.1) is 11.0 Å². The second kappa shape index (κ2) is 7.06. The molecule has 3 rings (SSSR count). The van der Waals surface area contributed by atoms with Crippen molar-refractivity contribution in [3.63, 3.8) is 0 Å². The number of allylic oxidation sites excluding steroid dienone is 1. The van der Waals surface area contributed by atoms with Gasteiger partial charge in [0, 0.05) is 32.7 Å². The first-order valence-corrected chi connectivity index (χ1v) is 8.32. The summed E-state index contributed by atoms with van der Waals surface area (Å²) in [7, 11) is 2.01. The predicted molar refractivity (Wildman–Crippen MR) is 96.7 cm³/mol. The third-order valence-electron chi connectivity index (χ3n) is 4.60. The summed E-state index contributed by atoms with van der Waals surface area (Å²) < 4.78 is 2.68. The second-order valence-electron chi connectivity index (χ2n) is 6.27. The smallest absolute Gasteiger partial charge is 0.317 e. The monoisotopic (exact) mass is 342 g/mol. The van der Waals surface area contributed by atoms with Crippen LogP contribution >= 0.6 is 0 Å². The number of nitrogens with zero attached hydrogens (tertiary/aromatic N) is 4. The summed E-state index contributed by atoms with van der Waals surface area (Å²) >= 11 is 0. The number of rotatable bonds is 4. The van der Waals surface area contributed by atoms with E-state index in [0.717, 1.165) is 13.1 Å². The Morgan fingerprint density at radius 3 is 2.20 bits per heavy atom. The van der Waals surface area contributed by atoms with Gasteiger partial charge >= 0.3 is 11.1 Å². The molecule has 1 fully saturated rings. The summed E-state index contributed by atoms with van der Waals surface area (Å²) in [5.74, 6) is -0.138. The van der Waals surface area contributed by atoms with Crippen molar-refractivity contribution in [2.24, 2.45) is 0 Å². The number of para-hydroxylation sites is 2. The maximum atomic E-state index is 12.6. The lowest BCUT2D eigenvalue weighted by Crippen LogP contribution is -2.50. The van der Waals surface area contributed by atoms with Crippen molar-refractivity contribution in [3.8, 4) is 0 Å². The van der Waals surface area contributed by atoms with E-state index in [1.54, 1.807) is 35.2 Å². The number of piperazine rings is 1. The van der Waals surface area contributed by atoms with Crippen LogP contribution in [0.15, 0.2) is 46.5 Å². The van der Waals surface area contributed by atoms with Gasteiger partial charge in [0.15, 0.2) is 0 Å². The molecule has 0 bridgehead atoms. The summed E-state index contributed by atoms with van der Waals surface area (Å²) in [6, 6.07) is 7.13. The highest BCUT2D eigenvalue weighted by Gasteiger charge is 2.21. The van der Waals surface area contributed by atoms with Gasteiger partial charge in [-0.3, -0.25) is 23.5 Å². The van der Waals surface area contributed by atoms with Crippen molar-refractivity contribution in [1.29, 1.82) is 0 Å². The Balaban J connectivity index is 2.02. The number of amides is 1. The molecule has 0 atom stereocenters. The van der Waals surface area contributed by atoms with Gasteiger partial charge < -0.3 is 9.80 Å². The van der Waals surface area contributed by atoms with Gasteiger partial charge in [-0.05, 0) is 19.2 Å². The Bertz CT molecular complexity index is 920. The van der Waals surface area contributed by atoms with Crippen LogP contribution < -0.4 is 11.1 Å². The van der Waals surface area contributed by atoms with E-state index in [4.69, 9.17) is 0 Å². The molecular weight excluding hydrogens is 320 g/mol. The molecule has 1 aliphatic rings. The highest BCUT2D eigenvalue weighted by molar-refractivity contribution is 5.80. The first kappa shape index (κ1) is 17.2. The van der Waals surface area contributed by atoms with Crippen molar-refractivity contribution in [2.75, 3.05) is 33.2 Å². The molecule has 1 aromatic carbocycles. The van der Waals surface area contributed by atoms with Crippen molar-refractivity contribution in [1.82, 2.24) is 18.9 Å². The minimum absolute atomic E-state index is 0.118. The van der Waals surface area contributed by atoms with Crippen LogP contribution in [0.25, 0.3) is 11.0 Å². The molecule has 0 aliphatic carbocycles. The molecule has 2 heterocycles. The topological polar surface area (TPSA) is 67.5 Å². The molecule has 132 valence electrons. The molecule has 1 aromatic heterocycles. The minimum Gasteiger partial charge on any atom is -0.339 e. The number of carbonyl (C=O) groups is 1. The Kier molecular flexibility index (Phi) is 4.85. The first-order valence-electron chi connectivity index (χ1n) is 8.32. The van der Waals surface area contributed by atoms with E-state index in [2.05, 4.69) is 11.5 Å². The van der Waals surface area contributed by atoms with Crippen molar-refractivity contribution in [2.45, 2.75) is 13.1 Å². The standard InChI is InChI=1S/C18H22N4O3/c1-3-8-21-14-6-4-5-7-15(14)22(18(25)17(21)24)13-16(23)20-11-9-19(2)10-12-20/h3-7H,1,8-13H2,2H3. The normalized spacial score (nSPS) is 15.5. The molecule has 0 radical (unpaired) electrons. The van der Waals surface area contributed by atoms with E-state index in [-0.39, 0.29) is 19.0 Å². The zero-order chi connectivity index (χ0) is 18.0. The lowest BCUT2D eigenvalue weighted by atomic mass is 10.2. The molecule has 0 saturated carbocycles. The van der Waals surface area contributed by atoms with Crippen LogP contribution in [-0.4, -0.2) is 58.1 Å². The van der Waals surface area contributed by atoms with Crippen LogP contribution in [0.1, 0.15) is 0 Å². The molecule has 0 N–H and O–H groups in total. The average molecular weight is 342 g/mol. The Morgan fingerprint density at radius 2 is 1.60 bits per heavy atom. The average Bonchev–Trinajstić information content (AvgIpc) is 2.62. The SMILES string of the molecule is C=CCn1c(=O)c(=O)n(CC(=O)N2CCN(C)CC2)c2ccccc21. The van der Waals surface area contributed by atoms with Gasteiger partial charge in [-0.15, -0.1) is 6.58 Å². The van der Waals surface area contributed by atoms with Crippen LogP contribution in [0.4, 0.5) is 0 Å². The number of hydrogen-bond acceptors (Lipinski definition) is 4. The van der Waals surface area contributed by atoms with Gasteiger partial charge in [0.25, 0.3) is 0 Å². The van der Waals surface area contributed by atoms with Gasteiger partial charge in [-0.25, -0.2) is 0 Å². The van der Waals surface area contributed by atoms with E-state index < -0.39 is 11.1 Å². The number of aromatic nitrogens is 2. The maximum absolute atomic E-state index is 12.6. The molecule has 25 heavy (non-hydrogen) atoms. The van der Waals surface area contributed by atoms with Crippen LogP contribution in [0.5, 0.6) is 0 Å². The fourth-order valence-corrected chi connectivity index (χ4v) is 3.13. The molecular formula is C18H22N4O3. The Morgan fingerprint density at radius 1 is 1.04 bits per heavy atom. The first-order chi connectivity index (χ1) is 12.0. The lowest BCUT2D eigenvalue weighted by Gasteiger charge is -2.32. The molecule has 7 nitrogen and oxygen atoms in total.